The van der Waals surface area contributed by atoms with Gasteiger partial charge < -0.3 is 19.2 Å². The molecular weight excluding hydrogens is 388 g/mol. The third-order valence-corrected chi connectivity index (χ3v) is 1.31. The zero-order chi connectivity index (χ0) is 8.24. The largest absolute Gasteiger partial charge is 0.693 e. The molecule has 0 saturated heterocycles. The van der Waals surface area contributed by atoms with Crippen LogP contribution in [0.5, 0.6) is 0 Å². The van der Waals surface area contributed by atoms with Crippen LogP contribution >= 0.6 is 0 Å². The van der Waals surface area contributed by atoms with Gasteiger partial charge in [0.15, 0.2) is 0 Å². The standard InChI is InChI=1S/C5H12.C5H11.4CH4.Ir.H3N.H2N/c2*1-3-5-4-2;;;;;;;/h3-5H2,1-2H3;1,3-5H2,2H3;4*1H4;;1H3;1H2/q;-1;;;;;;;-1. The Labute approximate surface area is 128 Å². The summed E-state index contributed by atoms with van der Waals surface area (Å²) in [5.41, 5.74) is 0. The second-order valence-electron chi connectivity index (χ2n) is 2.56. The maximum absolute atomic E-state index is 3.68. The van der Waals surface area contributed by atoms with E-state index < -0.39 is 0 Å². The van der Waals surface area contributed by atoms with Crippen LogP contribution in [0, 0.1) is 6.92 Å². The van der Waals surface area contributed by atoms with Gasteiger partial charge in [-0.1, -0.05) is 82.6 Å². The van der Waals surface area contributed by atoms with Gasteiger partial charge in [0.25, 0.3) is 0 Å². The van der Waals surface area contributed by atoms with Gasteiger partial charge in [-0.25, -0.2) is 0 Å². The smallest absolute Gasteiger partial charge is 0 e. The average molecular weight is 433 g/mol. The van der Waals surface area contributed by atoms with E-state index in [4.69, 9.17) is 0 Å². The molecule has 0 aliphatic rings. The second-order valence-corrected chi connectivity index (χ2v) is 2.56. The van der Waals surface area contributed by atoms with Crippen molar-refractivity contribution in [2.75, 3.05) is 0 Å². The van der Waals surface area contributed by atoms with Gasteiger partial charge in [0, 0.05) is 20.1 Å². The van der Waals surface area contributed by atoms with Crippen LogP contribution in [-0.4, -0.2) is 0 Å². The molecule has 0 rings (SSSR count). The Morgan fingerprint density at radius 1 is 0.706 bits per heavy atom. The number of hydrogen-bond donors (Lipinski definition) is 1. The van der Waals surface area contributed by atoms with E-state index in [1.807, 2.05) is 0 Å². The number of rotatable bonds is 4. The summed E-state index contributed by atoms with van der Waals surface area (Å²) in [7, 11) is 0. The third kappa shape index (κ3) is 168. The summed E-state index contributed by atoms with van der Waals surface area (Å²) >= 11 is 0. The van der Waals surface area contributed by atoms with Crippen molar-refractivity contribution in [1.29, 1.82) is 0 Å². The molecule has 0 aliphatic heterocycles. The third-order valence-electron chi connectivity index (χ3n) is 1.31. The van der Waals surface area contributed by atoms with Gasteiger partial charge in [-0.2, -0.15) is 6.42 Å². The molecule has 2 nitrogen and oxygen atoms in total. The Balaban J connectivity index is -0.00000000762. The van der Waals surface area contributed by atoms with E-state index in [-0.39, 0.29) is 62.1 Å². The van der Waals surface area contributed by atoms with Crippen LogP contribution < -0.4 is 6.15 Å². The van der Waals surface area contributed by atoms with Crippen molar-refractivity contribution in [3.05, 3.63) is 13.1 Å². The van der Waals surface area contributed by atoms with Crippen LogP contribution in [0.1, 0.15) is 89.0 Å². The van der Waals surface area contributed by atoms with E-state index in [0.29, 0.717) is 0 Å². The van der Waals surface area contributed by atoms with Crippen LogP contribution in [0.15, 0.2) is 0 Å². The zero-order valence-electron chi connectivity index (χ0n) is 9.57. The molecule has 3 heteroatoms. The maximum atomic E-state index is 3.68. The predicted octanol–water partition coefficient (Wildman–Crippen LogP) is 7.63. The molecule has 0 aromatic rings. The summed E-state index contributed by atoms with van der Waals surface area (Å²) in [6.45, 7) is 10.3. The van der Waals surface area contributed by atoms with Gasteiger partial charge in [0.1, 0.15) is 0 Å². The number of unbranched alkanes of at least 4 members (excludes halogenated alkanes) is 4. The molecule has 0 aromatic carbocycles. The molecule has 0 amide bonds. The molecule has 0 unspecified atom stereocenters. The number of nitrogens with two attached hydrogens (primary N) is 1. The molecule has 121 valence electrons. The molecule has 0 saturated carbocycles. The van der Waals surface area contributed by atoms with Crippen molar-refractivity contribution in [1.82, 2.24) is 6.15 Å². The Hall–Kier alpha value is 0.569. The first kappa shape index (κ1) is 65.7. The predicted molar refractivity (Wildman–Crippen MR) is 87.3 cm³/mol. The molecule has 0 heterocycles. The molecule has 0 atom stereocenters. The second kappa shape index (κ2) is 93.1. The Morgan fingerprint density at radius 2 is 0.941 bits per heavy atom. The van der Waals surface area contributed by atoms with E-state index in [2.05, 4.69) is 27.7 Å². The first-order valence-corrected chi connectivity index (χ1v) is 4.62. The summed E-state index contributed by atoms with van der Waals surface area (Å²) in [6, 6.07) is 0. The Morgan fingerprint density at radius 3 is 0.941 bits per heavy atom. The van der Waals surface area contributed by atoms with E-state index in [1.165, 1.54) is 32.1 Å². The topological polar surface area (TPSA) is 68.5 Å². The summed E-state index contributed by atoms with van der Waals surface area (Å²) in [5.74, 6) is 0. The van der Waals surface area contributed by atoms with Crippen molar-refractivity contribution >= 4 is 0 Å². The van der Waals surface area contributed by atoms with Crippen LogP contribution in [0.2, 0.25) is 0 Å². The van der Waals surface area contributed by atoms with Gasteiger partial charge in [0.2, 0.25) is 0 Å². The fourth-order valence-electron chi connectivity index (χ4n) is 0.604. The Bertz CT molecular complexity index is 35.2. The van der Waals surface area contributed by atoms with Gasteiger partial charge >= 0.3 is 0 Å². The van der Waals surface area contributed by atoms with Crippen LogP contribution in [0.25, 0.3) is 6.15 Å². The fourth-order valence-corrected chi connectivity index (χ4v) is 0.604. The van der Waals surface area contributed by atoms with Crippen molar-refractivity contribution < 1.29 is 20.1 Å². The van der Waals surface area contributed by atoms with E-state index in [1.54, 1.807) is 0 Å². The summed E-state index contributed by atoms with van der Waals surface area (Å²) in [6.07, 6.45) is 7.73. The van der Waals surface area contributed by atoms with Crippen molar-refractivity contribution in [2.24, 2.45) is 0 Å². The minimum atomic E-state index is 0. The Kier molecular flexibility index (Phi) is 360. The van der Waals surface area contributed by atoms with Crippen LogP contribution in [0.4, 0.5) is 0 Å². The van der Waals surface area contributed by atoms with Gasteiger partial charge in [-0.3, -0.25) is 0 Å². The molecule has 5 N–H and O–H groups in total. The molecule has 17 heavy (non-hydrogen) atoms. The van der Waals surface area contributed by atoms with E-state index in [9.17, 15) is 0 Å². The molecule has 1 radical (unpaired) electrons. The molecule has 0 aromatic heterocycles. The van der Waals surface area contributed by atoms with Crippen molar-refractivity contribution in [3.63, 3.8) is 0 Å². The SMILES string of the molecule is C.C.C.C.CCCCC.N.[CH2-]CCCC.[Ir].[NH2-]. The molecule has 0 spiro atoms. The van der Waals surface area contributed by atoms with E-state index >= 15 is 0 Å². The van der Waals surface area contributed by atoms with Crippen molar-refractivity contribution in [2.45, 2.75) is 89.0 Å². The molecule has 0 fully saturated rings. The monoisotopic (exact) mass is 433 g/mol. The molecule has 0 bridgehead atoms. The summed E-state index contributed by atoms with van der Waals surface area (Å²) in [4.78, 5) is 0. The quantitative estimate of drug-likeness (QED) is 0.456. The fraction of sp³-hybridized carbons (Fsp3) is 0.929. The van der Waals surface area contributed by atoms with Crippen LogP contribution in [-0.2, 0) is 20.1 Å². The summed E-state index contributed by atoms with van der Waals surface area (Å²) in [5, 5.41) is 0. The normalized spacial score (nSPS) is 4.94. The molecule has 0 aliphatic carbocycles. The minimum Gasteiger partial charge on any atom is -0.693 e. The van der Waals surface area contributed by atoms with Crippen molar-refractivity contribution in [3.8, 4) is 0 Å². The van der Waals surface area contributed by atoms with Gasteiger partial charge in [-0.05, 0) is 0 Å². The van der Waals surface area contributed by atoms with Gasteiger partial charge in [0.05, 0.1) is 0 Å². The van der Waals surface area contributed by atoms with Crippen LogP contribution in [0.3, 0.4) is 0 Å². The zero-order valence-corrected chi connectivity index (χ0v) is 12.0. The maximum Gasteiger partial charge on any atom is 0 e. The van der Waals surface area contributed by atoms with E-state index in [0.717, 1.165) is 6.42 Å². The minimum absolute atomic E-state index is 0. The first-order valence-electron chi connectivity index (χ1n) is 4.62. The van der Waals surface area contributed by atoms with Gasteiger partial charge in [-0.15, -0.1) is 0 Å². The first-order chi connectivity index (χ1) is 4.83. The molecular formula is C14H44IrN2-2. The summed E-state index contributed by atoms with van der Waals surface area (Å²) < 4.78 is 0. The average Bonchev–Trinajstić information content (AvgIpc) is 1.93. The number of hydrogen-bond acceptors (Lipinski definition) is 1.